The summed E-state index contributed by atoms with van der Waals surface area (Å²) >= 11 is 0. The predicted octanol–water partition coefficient (Wildman–Crippen LogP) is 1.86. The fourth-order valence-corrected chi connectivity index (χ4v) is 1.55. The van der Waals surface area contributed by atoms with Crippen LogP contribution in [0.1, 0.15) is 5.56 Å². The van der Waals surface area contributed by atoms with Gasteiger partial charge in [0.2, 0.25) is 0 Å². The van der Waals surface area contributed by atoms with Gasteiger partial charge in [-0.2, -0.15) is 0 Å². The topological polar surface area (TPSA) is 37.8 Å². The lowest BCUT2D eigenvalue weighted by Gasteiger charge is -2.07. The Labute approximate surface area is 89.2 Å². The number of rotatable bonds is 3. The molecular formula is C12H13N3. The lowest BCUT2D eigenvalue weighted by Crippen LogP contribution is -2.06. The molecule has 0 fully saturated rings. The smallest absolute Gasteiger partial charge is 0.0350 e. The first-order chi connectivity index (χ1) is 7.42. The molecule has 0 unspecified atom stereocenters. The van der Waals surface area contributed by atoms with Crippen molar-refractivity contribution in [3.05, 3.63) is 48.5 Å². The van der Waals surface area contributed by atoms with Crippen molar-refractivity contribution in [2.45, 2.75) is 6.54 Å². The Kier molecular flexibility index (Phi) is 3.05. The molecule has 0 aliphatic rings. The zero-order valence-corrected chi connectivity index (χ0v) is 8.64. The molecule has 3 heteroatoms. The summed E-state index contributed by atoms with van der Waals surface area (Å²) in [4.78, 5) is 8.26. The Bertz CT molecular complexity index is 426. The van der Waals surface area contributed by atoms with Gasteiger partial charge in [-0.3, -0.25) is 9.97 Å². The molecule has 15 heavy (non-hydrogen) atoms. The maximum absolute atomic E-state index is 4.15. The molecule has 0 aliphatic carbocycles. The monoisotopic (exact) mass is 199 g/mol. The quantitative estimate of drug-likeness (QED) is 0.820. The Morgan fingerprint density at radius 1 is 1.13 bits per heavy atom. The third kappa shape index (κ3) is 2.19. The van der Waals surface area contributed by atoms with Crippen molar-refractivity contribution >= 4 is 0 Å². The van der Waals surface area contributed by atoms with Gasteiger partial charge in [0.15, 0.2) is 0 Å². The van der Waals surface area contributed by atoms with E-state index in [9.17, 15) is 0 Å². The van der Waals surface area contributed by atoms with Crippen molar-refractivity contribution in [2.24, 2.45) is 0 Å². The molecule has 2 rings (SSSR count). The molecule has 0 aliphatic heterocycles. The Morgan fingerprint density at radius 3 is 2.73 bits per heavy atom. The fourth-order valence-electron chi connectivity index (χ4n) is 1.55. The number of hydrogen-bond acceptors (Lipinski definition) is 3. The summed E-state index contributed by atoms with van der Waals surface area (Å²) in [5.74, 6) is 0. The molecule has 0 bridgehead atoms. The van der Waals surface area contributed by atoms with Crippen LogP contribution in [0.5, 0.6) is 0 Å². The highest BCUT2D eigenvalue weighted by molar-refractivity contribution is 5.65. The lowest BCUT2D eigenvalue weighted by atomic mass is 10.0. The minimum atomic E-state index is 0.840. The number of aromatic nitrogens is 2. The molecule has 2 heterocycles. The standard InChI is InChI=1S/C12H13N3/c1-13-7-11-4-6-15-9-12(11)10-3-2-5-14-8-10/h2-6,8-9,13H,7H2,1H3. The highest BCUT2D eigenvalue weighted by Gasteiger charge is 2.03. The predicted molar refractivity (Wildman–Crippen MR) is 60.2 cm³/mol. The van der Waals surface area contributed by atoms with Gasteiger partial charge in [0.05, 0.1) is 0 Å². The number of hydrogen-bond donors (Lipinski definition) is 1. The lowest BCUT2D eigenvalue weighted by molar-refractivity contribution is 0.817. The molecular weight excluding hydrogens is 186 g/mol. The maximum atomic E-state index is 4.15. The van der Waals surface area contributed by atoms with Gasteiger partial charge in [0.25, 0.3) is 0 Å². The molecule has 0 amide bonds. The number of pyridine rings is 2. The molecule has 2 aromatic rings. The summed E-state index contributed by atoms with van der Waals surface area (Å²) in [6.45, 7) is 0.840. The van der Waals surface area contributed by atoms with Crippen LogP contribution < -0.4 is 5.32 Å². The van der Waals surface area contributed by atoms with E-state index >= 15 is 0 Å². The third-order valence-corrected chi connectivity index (χ3v) is 2.25. The van der Waals surface area contributed by atoms with E-state index in [1.165, 1.54) is 5.56 Å². The second-order valence-corrected chi connectivity index (χ2v) is 3.30. The molecule has 2 aromatic heterocycles. The second-order valence-electron chi connectivity index (χ2n) is 3.30. The number of nitrogens with one attached hydrogen (secondary N) is 1. The van der Waals surface area contributed by atoms with E-state index < -0.39 is 0 Å². The summed E-state index contributed by atoms with van der Waals surface area (Å²) in [7, 11) is 1.94. The molecule has 76 valence electrons. The van der Waals surface area contributed by atoms with Crippen molar-refractivity contribution in [2.75, 3.05) is 7.05 Å². The maximum Gasteiger partial charge on any atom is 0.0350 e. The summed E-state index contributed by atoms with van der Waals surface area (Å²) in [6, 6.07) is 6.01. The average Bonchev–Trinajstić information content (AvgIpc) is 2.31. The molecule has 0 saturated carbocycles. The van der Waals surface area contributed by atoms with Gasteiger partial charge in [0, 0.05) is 42.5 Å². The normalized spacial score (nSPS) is 10.2. The number of nitrogens with zero attached hydrogens (tertiary/aromatic N) is 2. The van der Waals surface area contributed by atoms with E-state index in [1.807, 2.05) is 43.8 Å². The van der Waals surface area contributed by atoms with Crippen LogP contribution in [0.2, 0.25) is 0 Å². The highest BCUT2D eigenvalue weighted by Crippen LogP contribution is 2.21. The van der Waals surface area contributed by atoms with E-state index in [0.717, 1.165) is 17.7 Å². The molecule has 0 aromatic carbocycles. The van der Waals surface area contributed by atoms with E-state index in [2.05, 4.69) is 15.3 Å². The van der Waals surface area contributed by atoms with Crippen LogP contribution in [0.15, 0.2) is 43.0 Å². The third-order valence-electron chi connectivity index (χ3n) is 2.25. The minimum absolute atomic E-state index is 0.840. The van der Waals surface area contributed by atoms with Crippen LogP contribution >= 0.6 is 0 Å². The fraction of sp³-hybridized carbons (Fsp3) is 0.167. The van der Waals surface area contributed by atoms with Crippen LogP contribution in [-0.2, 0) is 6.54 Å². The summed E-state index contributed by atoms with van der Waals surface area (Å²) in [5, 5.41) is 3.15. The Hall–Kier alpha value is -1.74. The van der Waals surface area contributed by atoms with Crippen molar-refractivity contribution in [1.82, 2.24) is 15.3 Å². The first-order valence-corrected chi connectivity index (χ1v) is 4.89. The van der Waals surface area contributed by atoms with Crippen molar-refractivity contribution in [1.29, 1.82) is 0 Å². The molecule has 0 radical (unpaired) electrons. The van der Waals surface area contributed by atoms with Crippen LogP contribution in [-0.4, -0.2) is 17.0 Å². The highest BCUT2D eigenvalue weighted by atomic mass is 14.8. The summed E-state index contributed by atoms with van der Waals surface area (Å²) in [5.41, 5.74) is 3.48. The summed E-state index contributed by atoms with van der Waals surface area (Å²) < 4.78 is 0. The van der Waals surface area contributed by atoms with Crippen LogP contribution in [0.25, 0.3) is 11.1 Å². The largest absolute Gasteiger partial charge is 0.316 e. The van der Waals surface area contributed by atoms with Gasteiger partial charge in [-0.25, -0.2) is 0 Å². The van der Waals surface area contributed by atoms with E-state index in [-0.39, 0.29) is 0 Å². The van der Waals surface area contributed by atoms with E-state index in [1.54, 1.807) is 6.20 Å². The van der Waals surface area contributed by atoms with Gasteiger partial charge >= 0.3 is 0 Å². The van der Waals surface area contributed by atoms with Crippen molar-refractivity contribution < 1.29 is 0 Å². The van der Waals surface area contributed by atoms with E-state index in [4.69, 9.17) is 0 Å². The van der Waals surface area contributed by atoms with Gasteiger partial charge in [-0.05, 0) is 24.7 Å². The zero-order valence-electron chi connectivity index (χ0n) is 8.64. The zero-order chi connectivity index (χ0) is 10.5. The second kappa shape index (κ2) is 4.66. The van der Waals surface area contributed by atoms with Crippen molar-refractivity contribution in [3.8, 4) is 11.1 Å². The van der Waals surface area contributed by atoms with Crippen LogP contribution in [0, 0.1) is 0 Å². The average molecular weight is 199 g/mol. The molecule has 0 atom stereocenters. The first-order valence-electron chi connectivity index (χ1n) is 4.89. The van der Waals surface area contributed by atoms with Gasteiger partial charge in [-0.15, -0.1) is 0 Å². The van der Waals surface area contributed by atoms with Crippen LogP contribution in [0.4, 0.5) is 0 Å². The molecule has 3 nitrogen and oxygen atoms in total. The summed E-state index contributed by atoms with van der Waals surface area (Å²) in [6.07, 6.45) is 7.32. The molecule has 0 spiro atoms. The van der Waals surface area contributed by atoms with Gasteiger partial charge in [0.1, 0.15) is 0 Å². The van der Waals surface area contributed by atoms with Gasteiger partial charge in [-0.1, -0.05) is 6.07 Å². The minimum Gasteiger partial charge on any atom is -0.316 e. The van der Waals surface area contributed by atoms with E-state index in [0.29, 0.717) is 0 Å². The SMILES string of the molecule is CNCc1ccncc1-c1cccnc1. The Morgan fingerprint density at radius 2 is 2.00 bits per heavy atom. The van der Waals surface area contributed by atoms with Crippen LogP contribution in [0.3, 0.4) is 0 Å². The van der Waals surface area contributed by atoms with Gasteiger partial charge < -0.3 is 5.32 Å². The van der Waals surface area contributed by atoms with Crippen molar-refractivity contribution in [3.63, 3.8) is 0 Å². The molecule has 1 N–H and O–H groups in total. The molecule has 0 saturated heterocycles. The first kappa shape index (κ1) is 9.80. The Balaban J connectivity index is 2.43.